The molecule has 0 bridgehead atoms. The van der Waals surface area contributed by atoms with Crippen LogP contribution >= 0.6 is 0 Å². The van der Waals surface area contributed by atoms with E-state index in [2.05, 4.69) is 88.4 Å². The number of rotatable bonds is 3. The van der Waals surface area contributed by atoms with Crippen molar-refractivity contribution in [2.45, 2.75) is 46.0 Å². The van der Waals surface area contributed by atoms with Gasteiger partial charge < -0.3 is 4.42 Å². The molecule has 0 radical (unpaired) electrons. The topological polar surface area (TPSA) is 13.1 Å². The molecule has 0 aliphatic rings. The summed E-state index contributed by atoms with van der Waals surface area (Å²) in [4.78, 5) is 0. The van der Waals surface area contributed by atoms with Crippen molar-refractivity contribution >= 4 is 21.9 Å². The zero-order chi connectivity index (χ0) is 18.3. The predicted molar refractivity (Wildman–Crippen MR) is 111 cm³/mol. The average molecular weight is 342 g/mol. The van der Waals surface area contributed by atoms with Crippen molar-refractivity contribution in [3.05, 3.63) is 82.9 Å². The molecular weight excluding hydrogens is 316 g/mol. The maximum Gasteiger partial charge on any atom is 0.135 e. The summed E-state index contributed by atoms with van der Waals surface area (Å²) in [5, 5.41) is 2.58. The van der Waals surface area contributed by atoms with Crippen molar-refractivity contribution in [2.75, 3.05) is 0 Å². The van der Waals surface area contributed by atoms with Crippen LogP contribution in [-0.2, 0) is 18.3 Å². The van der Waals surface area contributed by atoms with E-state index in [1.165, 1.54) is 33.0 Å². The van der Waals surface area contributed by atoms with Crippen molar-refractivity contribution in [3.63, 3.8) is 0 Å². The quantitative estimate of drug-likeness (QED) is 0.391. The Morgan fingerprint density at radius 1 is 0.769 bits per heavy atom. The van der Waals surface area contributed by atoms with Gasteiger partial charge in [0, 0.05) is 10.8 Å². The lowest BCUT2D eigenvalue weighted by atomic mass is 9.83. The molecule has 0 N–H and O–H groups in total. The Hall–Kier alpha value is -2.54. The van der Waals surface area contributed by atoms with Gasteiger partial charge in [-0.15, -0.1) is 0 Å². The van der Waals surface area contributed by atoms with Crippen molar-refractivity contribution in [3.8, 4) is 0 Å². The molecular formula is C25H26O. The summed E-state index contributed by atoms with van der Waals surface area (Å²) in [5.74, 6) is 0. The number of benzene rings is 3. The van der Waals surface area contributed by atoms with Gasteiger partial charge in [-0.1, -0.05) is 74.9 Å². The van der Waals surface area contributed by atoms with Gasteiger partial charge in [0.1, 0.15) is 11.2 Å². The summed E-state index contributed by atoms with van der Waals surface area (Å²) < 4.78 is 6.20. The van der Waals surface area contributed by atoms with Crippen LogP contribution in [0, 0.1) is 6.92 Å². The van der Waals surface area contributed by atoms with Crippen LogP contribution in [-0.4, -0.2) is 0 Å². The fourth-order valence-corrected chi connectivity index (χ4v) is 3.92. The number of hydrogen-bond acceptors (Lipinski definition) is 1. The highest BCUT2D eigenvalue weighted by molar-refractivity contribution is 6.08. The van der Waals surface area contributed by atoms with Crippen LogP contribution in [0.3, 0.4) is 0 Å². The Labute approximate surface area is 155 Å². The normalized spacial score (nSPS) is 12.2. The van der Waals surface area contributed by atoms with E-state index in [1.807, 2.05) is 0 Å². The van der Waals surface area contributed by atoms with Crippen LogP contribution in [0.25, 0.3) is 21.9 Å². The molecule has 4 rings (SSSR count). The Kier molecular flexibility index (Phi) is 4.11. The second-order valence-corrected chi connectivity index (χ2v) is 8.31. The van der Waals surface area contributed by atoms with E-state index in [1.54, 1.807) is 0 Å². The first kappa shape index (κ1) is 16.9. The Morgan fingerprint density at radius 2 is 1.46 bits per heavy atom. The van der Waals surface area contributed by atoms with E-state index in [9.17, 15) is 0 Å². The van der Waals surface area contributed by atoms with E-state index in [0.717, 1.165) is 24.0 Å². The molecule has 0 fully saturated rings. The monoisotopic (exact) mass is 342 g/mol. The van der Waals surface area contributed by atoms with Gasteiger partial charge in [-0.3, -0.25) is 0 Å². The summed E-state index contributed by atoms with van der Waals surface area (Å²) in [6.07, 6.45) is 2.07. The van der Waals surface area contributed by atoms with Gasteiger partial charge in [0.25, 0.3) is 0 Å². The molecule has 3 aromatic carbocycles. The number of aryl methyl sites for hydroxylation is 3. The molecule has 1 aromatic heterocycles. The van der Waals surface area contributed by atoms with Gasteiger partial charge in [0.05, 0.1) is 0 Å². The Bertz CT molecular complexity index is 1080. The molecule has 0 saturated carbocycles. The first-order chi connectivity index (χ1) is 12.4. The minimum Gasteiger partial charge on any atom is -0.456 e. The molecule has 1 nitrogen and oxygen atoms in total. The van der Waals surface area contributed by atoms with Gasteiger partial charge in [0.15, 0.2) is 0 Å². The second-order valence-electron chi connectivity index (χ2n) is 8.31. The van der Waals surface area contributed by atoms with E-state index >= 15 is 0 Å². The van der Waals surface area contributed by atoms with Crippen LogP contribution in [0.5, 0.6) is 0 Å². The van der Waals surface area contributed by atoms with Crippen LogP contribution in [0.2, 0.25) is 0 Å². The van der Waals surface area contributed by atoms with Gasteiger partial charge in [-0.25, -0.2) is 0 Å². The summed E-state index contributed by atoms with van der Waals surface area (Å²) in [5.41, 5.74) is 7.53. The van der Waals surface area contributed by atoms with Crippen LogP contribution in [0.1, 0.15) is 43.0 Å². The van der Waals surface area contributed by atoms with Crippen LogP contribution in [0.15, 0.2) is 65.1 Å². The first-order valence-corrected chi connectivity index (χ1v) is 9.42. The lowest BCUT2D eigenvalue weighted by Crippen LogP contribution is -2.11. The number of hydrogen-bond donors (Lipinski definition) is 0. The lowest BCUT2D eigenvalue weighted by molar-refractivity contribution is 0.594. The first-order valence-electron chi connectivity index (χ1n) is 9.42. The molecule has 1 heterocycles. The van der Waals surface area contributed by atoms with Gasteiger partial charge in [-0.2, -0.15) is 0 Å². The zero-order valence-corrected chi connectivity index (χ0v) is 16.1. The fraction of sp³-hybridized carbons (Fsp3) is 0.280. The standard InChI is InChI=1S/C25H26O/c1-17-8-5-9-18(16-17)14-15-19-10-6-12-21-23(19)24-20(25(2,3)4)11-7-13-22(24)26-21/h5-13,16H,14-15H2,1-4H3. The third kappa shape index (κ3) is 3.03. The molecule has 26 heavy (non-hydrogen) atoms. The minimum absolute atomic E-state index is 0.0833. The third-order valence-electron chi connectivity index (χ3n) is 5.18. The highest BCUT2D eigenvalue weighted by Gasteiger charge is 2.21. The fourth-order valence-electron chi connectivity index (χ4n) is 3.92. The largest absolute Gasteiger partial charge is 0.456 e. The smallest absolute Gasteiger partial charge is 0.135 e. The van der Waals surface area contributed by atoms with Gasteiger partial charge >= 0.3 is 0 Å². The SMILES string of the molecule is Cc1cccc(CCc2cccc3oc4cccc(C(C)(C)C)c4c23)c1. The van der Waals surface area contributed by atoms with E-state index in [4.69, 9.17) is 4.42 Å². The average Bonchev–Trinajstić information content (AvgIpc) is 2.98. The molecule has 0 aliphatic carbocycles. The molecule has 0 amide bonds. The molecule has 0 aliphatic heterocycles. The summed E-state index contributed by atoms with van der Waals surface area (Å²) >= 11 is 0. The van der Waals surface area contributed by atoms with Crippen LogP contribution in [0.4, 0.5) is 0 Å². The molecule has 4 aromatic rings. The van der Waals surface area contributed by atoms with Crippen molar-refractivity contribution < 1.29 is 4.42 Å². The molecule has 0 atom stereocenters. The number of fused-ring (bicyclic) bond motifs is 3. The molecule has 1 heteroatoms. The molecule has 132 valence electrons. The van der Waals surface area contributed by atoms with Gasteiger partial charge in [-0.05, 0) is 54.0 Å². The highest BCUT2D eigenvalue weighted by atomic mass is 16.3. The van der Waals surface area contributed by atoms with Gasteiger partial charge in [0.2, 0.25) is 0 Å². The van der Waals surface area contributed by atoms with E-state index < -0.39 is 0 Å². The molecule has 0 saturated heterocycles. The summed E-state index contributed by atoms with van der Waals surface area (Å²) in [6, 6.07) is 21.7. The summed E-state index contributed by atoms with van der Waals surface area (Å²) in [6.45, 7) is 8.98. The maximum absolute atomic E-state index is 6.20. The third-order valence-corrected chi connectivity index (χ3v) is 5.18. The highest BCUT2D eigenvalue weighted by Crippen LogP contribution is 2.38. The second kappa shape index (κ2) is 6.32. The van der Waals surface area contributed by atoms with Crippen LogP contribution < -0.4 is 0 Å². The molecule has 0 unspecified atom stereocenters. The Morgan fingerprint density at radius 3 is 2.19 bits per heavy atom. The molecule has 0 spiro atoms. The van der Waals surface area contributed by atoms with Crippen molar-refractivity contribution in [1.29, 1.82) is 0 Å². The minimum atomic E-state index is 0.0833. The lowest BCUT2D eigenvalue weighted by Gasteiger charge is -2.20. The van der Waals surface area contributed by atoms with Crippen molar-refractivity contribution in [1.82, 2.24) is 0 Å². The zero-order valence-electron chi connectivity index (χ0n) is 16.1. The summed E-state index contributed by atoms with van der Waals surface area (Å²) in [7, 11) is 0. The maximum atomic E-state index is 6.20. The predicted octanol–water partition coefficient (Wildman–Crippen LogP) is 6.98. The Balaban J connectivity index is 1.85. The van der Waals surface area contributed by atoms with Crippen molar-refractivity contribution in [2.24, 2.45) is 0 Å². The van der Waals surface area contributed by atoms with E-state index in [0.29, 0.717) is 0 Å². The van der Waals surface area contributed by atoms with E-state index in [-0.39, 0.29) is 5.41 Å². The number of furan rings is 1.